The summed E-state index contributed by atoms with van der Waals surface area (Å²) < 4.78 is 19.4. The highest BCUT2D eigenvalue weighted by molar-refractivity contribution is 7.11. The van der Waals surface area contributed by atoms with Crippen LogP contribution >= 0.6 is 11.3 Å². The van der Waals surface area contributed by atoms with Crippen molar-refractivity contribution in [2.75, 3.05) is 13.7 Å². The van der Waals surface area contributed by atoms with Crippen LogP contribution in [0.4, 0.5) is 4.39 Å². The summed E-state index contributed by atoms with van der Waals surface area (Å²) in [5, 5.41) is 4.27. The third-order valence-electron chi connectivity index (χ3n) is 2.86. The van der Waals surface area contributed by atoms with E-state index in [2.05, 4.69) is 10.3 Å². The second-order valence-electron chi connectivity index (χ2n) is 4.14. The van der Waals surface area contributed by atoms with E-state index < -0.39 is 0 Å². The molecule has 0 aliphatic carbocycles. The van der Waals surface area contributed by atoms with Gasteiger partial charge in [-0.15, -0.1) is 11.3 Å². The Bertz CT molecular complexity index is 556. The van der Waals surface area contributed by atoms with Gasteiger partial charge >= 0.3 is 0 Å². The van der Waals surface area contributed by atoms with Gasteiger partial charge in [0.05, 0.1) is 18.2 Å². The summed E-state index contributed by atoms with van der Waals surface area (Å²) in [5.41, 5.74) is 0.588. The summed E-state index contributed by atoms with van der Waals surface area (Å²) in [6, 6.07) is 5.02. The summed E-state index contributed by atoms with van der Waals surface area (Å²) in [7, 11) is 1.47. The first-order chi connectivity index (χ1) is 9.17. The number of aromatic nitrogens is 1. The fraction of sp³-hybridized carbons (Fsp3) is 0.357. The fourth-order valence-corrected chi connectivity index (χ4v) is 2.87. The average Bonchev–Trinajstić information content (AvgIpc) is 2.83. The summed E-state index contributed by atoms with van der Waals surface area (Å²) in [5.74, 6) is -0.0522. The number of rotatable bonds is 5. The van der Waals surface area contributed by atoms with E-state index in [0.717, 1.165) is 16.4 Å². The van der Waals surface area contributed by atoms with Gasteiger partial charge in [0.15, 0.2) is 11.6 Å². The van der Waals surface area contributed by atoms with Crippen molar-refractivity contribution >= 4 is 11.3 Å². The topological polar surface area (TPSA) is 34.2 Å². The molecule has 1 atom stereocenters. The lowest BCUT2D eigenvalue weighted by Gasteiger charge is -2.18. The van der Waals surface area contributed by atoms with Crippen molar-refractivity contribution in [1.29, 1.82) is 0 Å². The van der Waals surface area contributed by atoms with Gasteiger partial charge in [-0.3, -0.25) is 0 Å². The molecule has 5 heteroatoms. The van der Waals surface area contributed by atoms with Gasteiger partial charge in [0.25, 0.3) is 0 Å². The molecule has 0 fully saturated rings. The molecule has 1 aromatic carbocycles. The molecule has 1 N–H and O–H groups in total. The van der Waals surface area contributed by atoms with Crippen LogP contribution in [-0.2, 0) is 0 Å². The molecule has 2 rings (SSSR count). The predicted octanol–water partition coefficient (Wildman–Crippen LogP) is 3.30. The number of methoxy groups -OCH3 is 1. The van der Waals surface area contributed by atoms with Crippen molar-refractivity contribution in [2.45, 2.75) is 19.9 Å². The third-order valence-corrected chi connectivity index (χ3v) is 3.83. The standard InChI is InChI=1S/C14H17FN2OS/c1-4-16-14(12-8-17-9(2)19-12)10-6-5-7-11(18-3)13(10)15/h5-8,14,16H,4H2,1-3H3. The Hall–Kier alpha value is -1.46. The highest BCUT2D eigenvalue weighted by Gasteiger charge is 2.21. The zero-order chi connectivity index (χ0) is 13.8. The highest BCUT2D eigenvalue weighted by atomic mass is 32.1. The number of benzene rings is 1. The van der Waals surface area contributed by atoms with Gasteiger partial charge in [-0.05, 0) is 19.5 Å². The van der Waals surface area contributed by atoms with Crippen LogP contribution in [0.5, 0.6) is 5.75 Å². The van der Waals surface area contributed by atoms with E-state index >= 15 is 0 Å². The van der Waals surface area contributed by atoms with E-state index in [9.17, 15) is 4.39 Å². The number of hydrogen-bond acceptors (Lipinski definition) is 4. The molecule has 1 unspecified atom stereocenters. The van der Waals surface area contributed by atoms with E-state index in [4.69, 9.17) is 4.74 Å². The minimum atomic E-state index is -0.318. The number of hydrogen-bond donors (Lipinski definition) is 1. The lowest BCUT2D eigenvalue weighted by atomic mass is 10.0. The van der Waals surface area contributed by atoms with Crippen molar-refractivity contribution in [3.05, 3.63) is 45.7 Å². The van der Waals surface area contributed by atoms with E-state index in [1.54, 1.807) is 35.7 Å². The molecule has 2 aromatic rings. The third kappa shape index (κ3) is 2.93. The fourth-order valence-electron chi connectivity index (χ4n) is 1.99. The summed E-state index contributed by atoms with van der Waals surface area (Å²) in [6.45, 7) is 4.69. The molecule has 0 amide bonds. The maximum atomic E-state index is 14.4. The van der Waals surface area contributed by atoms with Crippen molar-refractivity contribution in [1.82, 2.24) is 10.3 Å². The Morgan fingerprint density at radius 3 is 2.84 bits per heavy atom. The SMILES string of the molecule is CCNC(c1cnc(C)s1)c1cccc(OC)c1F. The number of thiazole rings is 1. The number of halogens is 1. The Balaban J connectivity index is 2.44. The molecule has 0 radical (unpaired) electrons. The lowest BCUT2D eigenvalue weighted by Crippen LogP contribution is -2.22. The first-order valence-corrected chi connectivity index (χ1v) is 6.97. The second kappa shape index (κ2) is 6.12. The molecule has 1 aromatic heterocycles. The molecule has 0 saturated heterocycles. The van der Waals surface area contributed by atoms with Crippen LogP contribution in [0.1, 0.15) is 28.4 Å². The molecule has 3 nitrogen and oxygen atoms in total. The van der Waals surface area contributed by atoms with Crippen molar-refractivity contribution in [2.24, 2.45) is 0 Å². The zero-order valence-corrected chi connectivity index (χ0v) is 12.1. The van der Waals surface area contributed by atoms with Gasteiger partial charge < -0.3 is 10.1 Å². The summed E-state index contributed by atoms with van der Waals surface area (Å²) >= 11 is 1.57. The maximum Gasteiger partial charge on any atom is 0.170 e. The lowest BCUT2D eigenvalue weighted by molar-refractivity contribution is 0.382. The van der Waals surface area contributed by atoms with Gasteiger partial charge in [0.2, 0.25) is 0 Å². The monoisotopic (exact) mass is 280 g/mol. The molecule has 0 bridgehead atoms. The minimum absolute atomic E-state index is 0.189. The number of ether oxygens (including phenoxy) is 1. The number of nitrogens with one attached hydrogen (secondary N) is 1. The van der Waals surface area contributed by atoms with Gasteiger partial charge in [-0.2, -0.15) is 0 Å². The molecule has 0 aliphatic rings. The van der Waals surface area contributed by atoms with Gasteiger partial charge in [0, 0.05) is 16.6 Å². The molecular formula is C14H17FN2OS. The molecule has 0 spiro atoms. The molecule has 102 valence electrons. The Labute approximate surface area is 116 Å². The molecule has 1 heterocycles. The zero-order valence-electron chi connectivity index (χ0n) is 11.2. The Morgan fingerprint density at radius 1 is 1.47 bits per heavy atom. The van der Waals surface area contributed by atoms with Crippen molar-refractivity contribution < 1.29 is 9.13 Å². The molecule has 0 saturated carbocycles. The Morgan fingerprint density at radius 2 is 2.26 bits per heavy atom. The quantitative estimate of drug-likeness (QED) is 0.912. The van der Waals surface area contributed by atoms with Crippen LogP contribution in [0.15, 0.2) is 24.4 Å². The number of aryl methyl sites for hydroxylation is 1. The summed E-state index contributed by atoms with van der Waals surface area (Å²) in [4.78, 5) is 5.25. The van der Waals surface area contributed by atoms with Crippen LogP contribution in [0.2, 0.25) is 0 Å². The summed E-state index contributed by atoms with van der Waals surface area (Å²) in [6.07, 6.45) is 1.80. The van der Waals surface area contributed by atoms with Gasteiger partial charge in [0.1, 0.15) is 0 Å². The van der Waals surface area contributed by atoms with Crippen LogP contribution in [-0.4, -0.2) is 18.6 Å². The Kier molecular flexibility index (Phi) is 4.50. The van der Waals surface area contributed by atoms with Gasteiger partial charge in [-0.25, -0.2) is 9.37 Å². The molecule has 0 aliphatic heterocycles. The van der Waals surface area contributed by atoms with Crippen LogP contribution in [0.25, 0.3) is 0 Å². The van der Waals surface area contributed by atoms with Crippen molar-refractivity contribution in [3.8, 4) is 5.75 Å². The first-order valence-electron chi connectivity index (χ1n) is 6.15. The van der Waals surface area contributed by atoms with E-state index in [0.29, 0.717) is 5.56 Å². The largest absolute Gasteiger partial charge is 0.494 e. The van der Waals surface area contributed by atoms with E-state index in [1.807, 2.05) is 13.8 Å². The van der Waals surface area contributed by atoms with Crippen LogP contribution in [0, 0.1) is 12.7 Å². The first kappa shape index (κ1) is 14.0. The smallest absolute Gasteiger partial charge is 0.170 e. The van der Waals surface area contributed by atoms with E-state index in [1.165, 1.54) is 7.11 Å². The molecule has 19 heavy (non-hydrogen) atoms. The minimum Gasteiger partial charge on any atom is -0.494 e. The maximum absolute atomic E-state index is 14.4. The predicted molar refractivity (Wildman–Crippen MR) is 75.3 cm³/mol. The van der Waals surface area contributed by atoms with Gasteiger partial charge in [-0.1, -0.05) is 19.1 Å². The van der Waals surface area contributed by atoms with Crippen LogP contribution in [0.3, 0.4) is 0 Å². The van der Waals surface area contributed by atoms with Crippen molar-refractivity contribution in [3.63, 3.8) is 0 Å². The van der Waals surface area contributed by atoms with Crippen LogP contribution < -0.4 is 10.1 Å². The average molecular weight is 280 g/mol. The normalized spacial score (nSPS) is 12.4. The number of nitrogens with zero attached hydrogens (tertiary/aromatic N) is 1. The molecular weight excluding hydrogens is 263 g/mol. The second-order valence-corrected chi connectivity index (χ2v) is 5.40. The highest BCUT2D eigenvalue weighted by Crippen LogP contribution is 2.31. The van der Waals surface area contributed by atoms with E-state index in [-0.39, 0.29) is 17.6 Å².